The van der Waals surface area contributed by atoms with E-state index < -0.39 is 0 Å². The molecule has 2 N–H and O–H groups in total. The Labute approximate surface area is 125 Å². The second-order valence-electron chi connectivity index (χ2n) is 6.73. The predicted octanol–water partition coefficient (Wildman–Crippen LogP) is 3.64. The van der Waals surface area contributed by atoms with E-state index >= 15 is 0 Å². The number of nitrogens with two attached hydrogens (primary N) is 1. The Morgan fingerprint density at radius 2 is 1.90 bits per heavy atom. The molecule has 2 heterocycles. The van der Waals surface area contributed by atoms with Crippen molar-refractivity contribution in [1.29, 1.82) is 0 Å². The lowest BCUT2D eigenvalue weighted by atomic mass is 9.78. The van der Waals surface area contributed by atoms with Gasteiger partial charge in [0.25, 0.3) is 0 Å². The van der Waals surface area contributed by atoms with Crippen LogP contribution in [0, 0.1) is 5.92 Å². The molecule has 2 saturated carbocycles. The van der Waals surface area contributed by atoms with E-state index in [2.05, 4.69) is 4.90 Å². The quantitative estimate of drug-likeness (QED) is 0.924. The van der Waals surface area contributed by atoms with Gasteiger partial charge in [0.2, 0.25) is 0 Å². The van der Waals surface area contributed by atoms with Crippen molar-refractivity contribution in [2.24, 2.45) is 11.7 Å². The minimum absolute atomic E-state index is 0.672. The molecule has 2 unspecified atom stereocenters. The first-order valence-corrected chi connectivity index (χ1v) is 9.15. The number of thiazole rings is 1. The molecule has 2 aliphatic carbocycles. The van der Waals surface area contributed by atoms with Crippen molar-refractivity contribution in [3.8, 4) is 0 Å². The van der Waals surface area contributed by atoms with Gasteiger partial charge in [0.05, 0.1) is 5.69 Å². The lowest BCUT2D eigenvalue weighted by molar-refractivity contribution is 0.243. The van der Waals surface area contributed by atoms with Gasteiger partial charge >= 0.3 is 0 Å². The zero-order valence-corrected chi connectivity index (χ0v) is 13.0. The summed E-state index contributed by atoms with van der Waals surface area (Å²) in [6.45, 7) is 1.88. The maximum absolute atomic E-state index is 5.94. The molecule has 0 bridgehead atoms. The Kier molecular flexibility index (Phi) is 3.47. The summed E-state index contributed by atoms with van der Waals surface area (Å²) in [5, 5.41) is 1.28. The van der Waals surface area contributed by atoms with Crippen LogP contribution in [0.2, 0.25) is 0 Å². The first-order chi connectivity index (χ1) is 9.86. The minimum Gasteiger partial charge on any atom is -0.345 e. The second kappa shape index (κ2) is 5.30. The predicted molar refractivity (Wildman–Crippen MR) is 84.3 cm³/mol. The molecule has 3 nitrogen and oxygen atoms in total. The fourth-order valence-electron chi connectivity index (χ4n) is 4.16. The van der Waals surface area contributed by atoms with Gasteiger partial charge in [-0.1, -0.05) is 12.8 Å². The van der Waals surface area contributed by atoms with E-state index in [1.165, 1.54) is 73.6 Å². The zero-order chi connectivity index (χ0) is 13.5. The van der Waals surface area contributed by atoms with Crippen molar-refractivity contribution in [2.45, 2.75) is 69.9 Å². The average Bonchev–Trinajstić information content (AvgIpc) is 3.26. The molecule has 0 amide bonds. The smallest absolute Gasteiger partial charge is 0.186 e. The number of hydrogen-bond acceptors (Lipinski definition) is 4. The SMILES string of the molecule is NCc1sc(N2CCCC3CCCCC32)nc1C1CC1. The maximum Gasteiger partial charge on any atom is 0.186 e. The molecule has 20 heavy (non-hydrogen) atoms. The summed E-state index contributed by atoms with van der Waals surface area (Å²) in [5.41, 5.74) is 7.28. The number of fused-ring (bicyclic) bond motifs is 1. The van der Waals surface area contributed by atoms with Crippen LogP contribution in [0.5, 0.6) is 0 Å². The highest BCUT2D eigenvalue weighted by atomic mass is 32.1. The third-order valence-corrected chi connectivity index (χ3v) is 6.49. The Bertz CT molecular complexity index is 478. The molecule has 4 rings (SSSR count). The van der Waals surface area contributed by atoms with Crippen LogP contribution in [0.25, 0.3) is 0 Å². The van der Waals surface area contributed by atoms with Gasteiger partial charge in [-0.15, -0.1) is 11.3 Å². The fourth-order valence-corrected chi connectivity index (χ4v) is 5.27. The van der Waals surface area contributed by atoms with E-state index in [1.54, 1.807) is 0 Å². The number of hydrogen-bond donors (Lipinski definition) is 1. The monoisotopic (exact) mass is 291 g/mol. The van der Waals surface area contributed by atoms with Gasteiger partial charge in [-0.2, -0.15) is 0 Å². The normalized spacial score (nSPS) is 30.4. The molecule has 1 aliphatic heterocycles. The van der Waals surface area contributed by atoms with Crippen LogP contribution in [0.3, 0.4) is 0 Å². The molecule has 110 valence electrons. The van der Waals surface area contributed by atoms with Gasteiger partial charge in [0.15, 0.2) is 5.13 Å². The van der Waals surface area contributed by atoms with E-state index in [1.807, 2.05) is 11.3 Å². The van der Waals surface area contributed by atoms with Gasteiger partial charge in [-0.25, -0.2) is 4.98 Å². The zero-order valence-electron chi connectivity index (χ0n) is 12.2. The first kappa shape index (κ1) is 13.1. The Balaban J connectivity index is 1.62. The third-order valence-electron chi connectivity index (χ3n) is 5.35. The van der Waals surface area contributed by atoms with E-state index in [-0.39, 0.29) is 0 Å². The van der Waals surface area contributed by atoms with Gasteiger partial charge < -0.3 is 10.6 Å². The largest absolute Gasteiger partial charge is 0.345 e. The van der Waals surface area contributed by atoms with E-state index in [9.17, 15) is 0 Å². The number of anilines is 1. The summed E-state index contributed by atoms with van der Waals surface area (Å²) < 4.78 is 0. The molecule has 1 aromatic heterocycles. The van der Waals surface area contributed by atoms with Gasteiger partial charge in [-0.05, 0) is 44.4 Å². The highest BCUT2D eigenvalue weighted by Crippen LogP contribution is 2.46. The van der Waals surface area contributed by atoms with Gasteiger partial charge in [0, 0.05) is 29.9 Å². The summed E-state index contributed by atoms with van der Waals surface area (Å²) in [6, 6.07) is 0.765. The standard InChI is InChI=1S/C16H25N3S/c17-10-14-15(12-7-8-12)18-16(20-14)19-9-3-5-11-4-1-2-6-13(11)19/h11-13H,1-10,17H2. The summed E-state index contributed by atoms with van der Waals surface area (Å²) in [5.74, 6) is 1.65. The van der Waals surface area contributed by atoms with Crippen molar-refractivity contribution >= 4 is 16.5 Å². The molecule has 3 fully saturated rings. The summed E-state index contributed by atoms with van der Waals surface area (Å²) in [4.78, 5) is 9.01. The van der Waals surface area contributed by atoms with Crippen LogP contribution in [0.15, 0.2) is 0 Å². The first-order valence-electron chi connectivity index (χ1n) is 8.33. The fraction of sp³-hybridized carbons (Fsp3) is 0.812. The lowest BCUT2D eigenvalue weighted by Crippen LogP contribution is -2.46. The Morgan fingerprint density at radius 1 is 1.10 bits per heavy atom. The summed E-state index contributed by atoms with van der Waals surface area (Å²) in [6.07, 6.45) is 11.1. The number of rotatable bonds is 3. The number of aromatic nitrogens is 1. The van der Waals surface area contributed by atoms with Gasteiger partial charge in [0.1, 0.15) is 0 Å². The molecule has 3 aliphatic rings. The van der Waals surface area contributed by atoms with E-state index in [4.69, 9.17) is 10.7 Å². The average molecular weight is 291 g/mol. The van der Waals surface area contributed by atoms with E-state index in [0.29, 0.717) is 6.54 Å². The molecule has 0 spiro atoms. The summed E-state index contributed by atoms with van der Waals surface area (Å²) in [7, 11) is 0. The molecule has 0 aromatic carbocycles. The van der Waals surface area contributed by atoms with Gasteiger partial charge in [-0.3, -0.25) is 0 Å². The van der Waals surface area contributed by atoms with Crippen molar-refractivity contribution in [3.05, 3.63) is 10.6 Å². The van der Waals surface area contributed by atoms with Crippen molar-refractivity contribution in [2.75, 3.05) is 11.4 Å². The Morgan fingerprint density at radius 3 is 2.70 bits per heavy atom. The van der Waals surface area contributed by atoms with Crippen molar-refractivity contribution in [1.82, 2.24) is 4.98 Å². The molecular weight excluding hydrogens is 266 g/mol. The van der Waals surface area contributed by atoms with Crippen LogP contribution >= 0.6 is 11.3 Å². The van der Waals surface area contributed by atoms with Crippen molar-refractivity contribution < 1.29 is 0 Å². The third kappa shape index (κ3) is 2.27. The van der Waals surface area contributed by atoms with Crippen LogP contribution in [-0.2, 0) is 6.54 Å². The molecule has 2 atom stereocenters. The number of nitrogens with zero attached hydrogens (tertiary/aromatic N) is 2. The topological polar surface area (TPSA) is 42.1 Å². The van der Waals surface area contributed by atoms with Crippen LogP contribution in [0.4, 0.5) is 5.13 Å². The highest BCUT2D eigenvalue weighted by molar-refractivity contribution is 7.15. The Hall–Kier alpha value is -0.610. The van der Waals surface area contributed by atoms with Crippen LogP contribution in [0.1, 0.15) is 67.9 Å². The van der Waals surface area contributed by atoms with Crippen LogP contribution < -0.4 is 10.6 Å². The molecule has 1 aromatic rings. The molecule has 1 saturated heterocycles. The maximum atomic E-state index is 5.94. The number of piperidine rings is 1. The minimum atomic E-state index is 0.672. The molecule has 4 heteroatoms. The van der Waals surface area contributed by atoms with Crippen molar-refractivity contribution in [3.63, 3.8) is 0 Å². The van der Waals surface area contributed by atoms with E-state index in [0.717, 1.165) is 17.9 Å². The summed E-state index contributed by atoms with van der Waals surface area (Å²) >= 11 is 1.88. The second-order valence-corrected chi connectivity index (χ2v) is 7.79. The molecular formula is C16H25N3S. The highest BCUT2D eigenvalue weighted by Gasteiger charge is 2.36. The lowest BCUT2D eigenvalue weighted by Gasteiger charge is -2.44. The van der Waals surface area contributed by atoms with Crippen LogP contribution in [-0.4, -0.2) is 17.6 Å². The molecule has 0 radical (unpaired) electrons.